The molecule has 140 valence electrons. The highest BCUT2D eigenvalue weighted by molar-refractivity contribution is 9.10. The fraction of sp³-hybridized carbons (Fsp3) is 0.286. The standard InChI is InChI=1S/C21H21BrClN3O/c1-13-10-14(22)11-17(23)21(13)25-20(27)12-16-15-4-2-3-5-18(15)26-9-8-24-7-6-19(16)26/h2-5,10-11,24H,6-9,12H2,1H3,(H,25,27). The van der Waals surface area contributed by atoms with Crippen molar-refractivity contribution in [1.82, 2.24) is 9.88 Å². The monoisotopic (exact) mass is 445 g/mol. The van der Waals surface area contributed by atoms with Gasteiger partial charge in [-0.2, -0.15) is 0 Å². The Kier molecular flexibility index (Phi) is 5.26. The predicted octanol–water partition coefficient (Wildman–Crippen LogP) is 4.69. The summed E-state index contributed by atoms with van der Waals surface area (Å²) in [6, 6.07) is 12.1. The lowest BCUT2D eigenvalue weighted by molar-refractivity contribution is -0.115. The first-order valence-corrected chi connectivity index (χ1v) is 10.3. The summed E-state index contributed by atoms with van der Waals surface area (Å²) in [5.41, 5.74) is 5.21. The number of anilines is 1. The molecule has 0 saturated heterocycles. The van der Waals surface area contributed by atoms with E-state index in [1.807, 2.05) is 19.1 Å². The molecule has 0 radical (unpaired) electrons. The molecule has 1 aliphatic rings. The highest BCUT2D eigenvalue weighted by Crippen LogP contribution is 2.31. The summed E-state index contributed by atoms with van der Waals surface area (Å²) in [6.07, 6.45) is 1.27. The van der Waals surface area contributed by atoms with E-state index in [4.69, 9.17) is 11.6 Å². The van der Waals surface area contributed by atoms with E-state index in [-0.39, 0.29) is 5.91 Å². The van der Waals surface area contributed by atoms with Crippen LogP contribution in [-0.2, 0) is 24.2 Å². The highest BCUT2D eigenvalue weighted by atomic mass is 79.9. The molecule has 0 atom stereocenters. The lowest BCUT2D eigenvalue weighted by atomic mass is 10.0. The van der Waals surface area contributed by atoms with Crippen molar-refractivity contribution in [2.24, 2.45) is 0 Å². The van der Waals surface area contributed by atoms with Crippen LogP contribution >= 0.6 is 27.5 Å². The molecule has 6 heteroatoms. The van der Waals surface area contributed by atoms with Crippen molar-refractivity contribution in [3.63, 3.8) is 0 Å². The van der Waals surface area contributed by atoms with Crippen molar-refractivity contribution >= 4 is 50.0 Å². The Morgan fingerprint density at radius 3 is 2.93 bits per heavy atom. The van der Waals surface area contributed by atoms with Crippen LogP contribution in [0.5, 0.6) is 0 Å². The first-order valence-electron chi connectivity index (χ1n) is 9.10. The van der Waals surface area contributed by atoms with Gasteiger partial charge in [0.25, 0.3) is 0 Å². The molecule has 0 spiro atoms. The fourth-order valence-electron chi connectivity index (χ4n) is 3.89. The van der Waals surface area contributed by atoms with E-state index in [9.17, 15) is 4.79 Å². The summed E-state index contributed by atoms with van der Waals surface area (Å²) >= 11 is 9.77. The van der Waals surface area contributed by atoms with Crippen molar-refractivity contribution in [1.29, 1.82) is 0 Å². The molecule has 0 saturated carbocycles. The van der Waals surface area contributed by atoms with Gasteiger partial charge in [-0.25, -0.2) is 0 Å². The number of halogens is 2. The highest BCUT2D eigenvalue weighted by Gasteiger charge is 2.21. The second kappa shape index (κ2) is 7.66. The second-order valence-corrected chi connectivity index (χ2v) is 8.22. The van der Waals surface area contributed by atoms with Gasteiger partial charge < -0.3 is 15.2 Å². The van der Waals surface area contributed by atoms with Crippen molar-refractivity contribution in [2.45, 2.75) is 26.3 Å². The van der Waals surface area contributed by atoms with Crippen molar-refractivity contribution < 1.29 is 4.79 Å². The van der Waals surface area contributed by atoms with Crippen LogP contribution in [0.15, 0.2) is 40.9 Å². The van der Waals surface area contributed by atoms with E-state index in [0.717, 1.165) is 41.7 Å². The number of carbonyl (C=O) groups excluding carboxylic acids is 1. The maximum Gasteiger partial charge on any atom is 0.228 e. The number of carbonyl (C=O) groups is 1. The summed E-state index contributed by atoms with van der Waals surface area (Å²) in [7, 11) is 0. The van der Waals surface area contributed by atoms with E-state index in [0.29, 0.717) is 17.1 Å². The first-order chi connectivity index (χ1) is 13.0. The minimum atomic E-state index is -0.0429. The smallest absolute Gasteiger partial charge is 0.228 e. The molecule has 0 aliphatic carbocycles. The van der Waals surface area contributed by atoms with Crippen LogP contribution in [0.4, 0.5) is 5.69 Å². The average molecular weight is 447 g/mol. The largest absolute Gasteiger partial charge is 0.343 e. The summed E-state index contributed by atoms with van der Waals surface area (Å²) in [5.74, 6) is -0.0429. The molecule has 1 amide bonds. The third kappa shape index (κ3) is 3.64. The van der Waals surface area contributed by atoms with Gasteiger partial charge in [-0.05, 0) is 36.2 Å². The van der Waals surface area contributed by atoms with Crippen LogP contribution in [0, 0.1) is 6.92 Å². The number of aromatic nitrogens is 1. The summed E-state index contributed by atoms with van der Waals surface area (Å²) in [5, 5.41) is 8.17. The number of fused-ring (bicyclic) bond motifs is 3. The Morgan fingerprint density at radius 2 is 2.11 bits per heavy atom. The number of nitrogens with one attached hydrogen (secondary N) is 2. The molecule has 4 rings (SSSR count). The molecule has 0 fully saturated rings. The Labute approximate surface area is 172 Å². The lowest BCUT2D eigenvalue weighted by Crippen LogP contribution is -2.18. The molecule has 3 aromatic rings. The minimum absolute atomic E-state index is 0.0429. The number of nitrogens with zero attached hydrogens (tertiary/aromatic N) is 1. The Hall–Kier alpha value is -1.82. The third-order valence-electron chi connectivity index (χ3n) is 5.10. The maximum absolute atomic E-state index is 12.9. The van der Waals surface area contributed by atoms with Crippen molar-refractivity contribution in [3.05, 3.63) is 62.7 Å². The first kappa shape index (κ1) is 18.5. The average Bonchev–Trinajstić information content (AvgIpc) is 2.79. The lowest BCUT2D eigenvalue weighted by Gasteiger charge is -2.12. The van der Waals surface area contributed by atoms with E-state index in [2.05, 4.69) is 49.3 Å². The topological polar surface area (TPSA) is 46.1 Å². The molecule has 2 aromatic carbocycles. The van der Waals surface area contributed by atoms with Gasteiger partial charge in [0.2, 0.25) is 5.91 Å². The van der Waals surface area contributed by atoms with Crippen LogP contribution in [-0.4, -0.2) is 23.6 Å². The van der Waals surface area contributed by atoms with Crippen LogP contribution in [0.25, 0.3) is 10.9 Å². The zero-order valence-corrected chi connectivity index (χ0v) is 17.5. The van der Waals surface area contributed by atoms with Crippen LogP contribution in [0.1, 0.15) is 16.8 Å². The zero-order valence-electron chi connectivity index (χ0n) is 15.1. The molecule has 4 nitrogen and oxygen atoms in total. The molecular weight excluding hydrogens is 426 g/mol. The van der Waals surface area contributed by atoms with Gasteiger partial charge >= 0.3 is 0 Å². The molecule has 2 heterocycles. The van der Waals surface area contributed by atoms with Gasteiger partial charge in [0, 0.05) is 47.1 Å². The molecule has 27 heavy (non-hydrogen) atoms. The normalized spacial score (nSPS) is 14.0. The van der Waals surface area contributed by atoms with Crippen LogP contribution in [0.2, 0.25) is 5.02 Å². The molecule has 0 bridgehead atoms. The Balaban J connectivity index is 1.68. The number of para-hydroxylation sites is 1. The number of hydrogen-bond donors (Lipinski definition) is 2. The molecule has 2 N–H and O–H groups in total. The quantitative estimate of drug-likeness (QED) is 0.613. The number of rotatable bonds is 3. The maximum atomic E-state index is 12.9. The number of aryl methyl sites for hydroxylation is 1. The van der Waals surface area contributed by atoms with Gasteiger partial charge in [0.1, 0.15) is 0 Å². The van der Waals surface area contributed by atoms with Gasteiger partial charge in [-0.3, -0.25) is 4.79 Å². The van der Waals surface area contributed by atoms with Crippen LogP contribution in [0.3, 0.4) is 0 Å². The number of benzene rings is 2. The summed E-state index contributed by atoms with van der Waals surface area (Å²) < 4.78 is 3.26. The number of hydrogen-bond acceptors (Lipinski definition) is 2. The zero-order chi connectivity index (χ0) is 19.0. The third-order valence-corrected chi connectivity index (χ3v) is 5.85. The summed E-state index contributed by atoms with van der Waals surface area (Å²) in [4.78, 5) is 12.9. The molecule has 1 aromatic heterocycles. The number of amides is 1. The van der Waals surface area contributed by atoms with Crippen molar-refractivity contribution in [2.75, 3.05) is 18.4 Å². The SMILES string of the molecule is Cc1cc(Br)cc(Cl)c1NC(=O)Cc1c2n(c3ccccc13)CCNCC2. The molecular formula is C21H21BrClN3O. The second-order valence-electron chi connectivity index (χ2n) is 6.90. The van der Waals surface area contributed by atoms with E-state index in [1.165, 1.54) is 16.6 Å². The van der Waals surface area contributed by atoms with Crippen LogP contribution < -0.4 is 10.6 Å². The Bertz CT molecular complexity index is 1000. The fourth-order valence-corrected chi connectivity index (χ4v) is 4.91. The van der Waals surface area contributed by atoms with Gasteiger partial charge in [-0.15, -0.1) is 0 Å². The van der Waals surface area contributed by atoms with E-state index >= 15 is 0 Å². The van der Waals surface area contributed by atoms with Gasteiger partial charge in [0.15, 0.2) is 0 Å². The summed E-state index contributed by atoms with van der Waals surface area (Å²) in [6.45, 7) is 4.75. The minimum Gasteiger partial charge on any atom is -0.343 e. The van der Waals surface area contributed by atoms with Gasteiger partial charge in [-0.1, -0.05) is 45.7 Å². The van der Waals surface area contributed by atoms with E-state index < -0.39 is 0 Å². The van der Waals surface area contributed by atoms with Gasteiger partial charge in [0.05, 0.1) is 17.1 Å². The molecule has 0 unspecified atom stereocenters. The van der Waals surface area contributed by atoms with E-state index in [1.54, 1.807) is 6.07 Å². The van der Waals surface area contributed by atoms with Crippen molar-refractivity contribution in [3.8, 4) is 0 Å². The Morgan fingerprint density at radius 1 is 1.30 bits per heavy atom. The molecule has 1 aliphatic heterocycles. The predicted molar refractivity (Wildman–Crippen MR) is 115 cm³/mol.